The van der Waals surface area contributed by atoms with E-state index in [4.69, 9.17) is 4.74 Å². The van der Waals surface area contributed by atoms with Gasteiger partial charge >= 0.3 is 5.97 Å². The summed E-state index contributed by atoms with van der Waals surface area (Å²) in [4.78, 5) is 38.7. The highest BCUT2D eigenvalue weighted by molar-refractivity contribution is 6.04. The number of halogens is 1. The van der Waals surface area contributed by atoms with Crippen molar-refractivity contribution < 1.29 is 13.9 Å². The Hall–Kier alpha value is -3.48. The lowest BCUT2D eigenvalue weighted by molar-refractivity contribution is 0.0526. The Bertz CT molecular complexity index is 1370. The predicted molar refractivity (Wildman–Crippen MR) is 99.0 cm³/mol. The molecular weight excluding hydrogens is 351 g/mol. The number of nitrogens with zero attached hydrogens (tertiary/aromatic N) is 2. The second-order valence-electron chi connectivity index (χ2n) is 6.12. The highest BCUT2D eigenvalue weighted by atomic mass is 19.1. The topological polar surface area (TPSA) is 69.3 Å². The van der Waals surface area contributed by atoms with Crippen molar-refractivity contribution in [2.75, 3.05) is 6.61 Å². The Morgan fingerprint density at radius 3 is 2.26 bits per heavy atom. The summed E-state index contributed by atoms with van der Waals surface area (Å²) in [6.07, 6.45) is 0. The molecule has 7 heteroatoms. The first-order chi connectivity index (χ1) is 13.0. The minimum Gasteiger partial charge on any atom is -0.462 e. The molecule has 2 aromatic heterocycles. The van der Waals surface area contributed by atoms with Crippen molar-refractivity contribution in [3.8, 4) is 0 Å². The Morgan fingerprint density at radius 2 is 1.63 bits per heavy atom. The number of hydrogen-bond donors (Lipinski definition) is 0. The molecule has 0 spiro atoms. The van der Waals surface area contributed by atoms with E-state index in [0.717, 1.165) is 4.52 Å². The van der Waals surface area contributed by atoms with E-state index in [1.807, 2.05) is 0 Å². The monoisotopic (exact) mass is 366 g/mol. The molecule has 0 bridgehead atoms. The lowest BCUT2D eigenvalue weighted by Crippen LogP contribution is -2.33. The molecule has 0 atom stereocenters. The standard InChI is InChI=1S/C20H15FN2O4/c1-3-27-20(26)17-11(2)22-18(24)13-6-4-5-7-14(13)19(25)23(22)16-9-8-12(21)10-15(16)17/h4-10H,3H2,1-2H3. The third-order valence-corrected chi connectivity index (χ3v) is 4.59. The minimum absolute atomic E-state index is 0.0585. The first-order valence-electron chi connectivity index (χ1n) is 8.41. The summed E-state index contributed by atoms with van der Waals surface area (Å²) >= 11 is 0. The van der Waals surface area contributed by atoms with Crippen LogP contribution in [0.4, 0.5) is 4.39 Å². The molecule has 0 aliphatic heterocycles. The number of ether oxygens (including phenoxy) is 1. The van der Waals surface area contributed by atoms with Crippen LogP contribution in [0.3, 0.4) is 0 Å². The van der Waals surface area contributed by atoms with Crippen LogP contribution in [0, 0.1) is 12.7 Å². The molecule has 27 heavy (non-hydrogen) atoms. The van der Waals surface area contributed by atoms with Crippen LogP contribution in [0.2, 0.25) is 0 Å². The highest BCUT2D eigenvalue weighted by Crippen LogP contribution is 2.23. The van der Waals surface area contributed by atoms with Crippen LogP contribution in [-0.4, -0.2) is 21.6 Å². The van der Waals surface area contributed by atoms with Gasteiger partial charge in [-0.25, -0.2) is 18.2 Å². The first kappa shape index (κ1) is 17.0. The lowest BCUT2D eigenvalue weighted by atomic mass is 10.1. The van der Waals surface area contributed by atoms with Crippen molar-refractivity contribution >= 4 is 27.6 Å². The maximum Gasteiger partial charge on any atom is 0.340 e. The molecule has 0 fully saturated rings. The van der Waals surface area contributed by atoms with Gasteiger partial charge in [0.2, 0.25) is 0 Å². The fourth-order valence-corrected chi connectivity index (χ4v) is 3.44. The Labute approximate surface area is 152 Å². The molecule has 4 aromatic rings. The van der Waals surface area contributed by atoms with E-state index in [0.29, 0.717) is 0 Å². The third-order valence-electron chi connectivity index (χ3n) is 4.59. The lowest BCUT2D eigenvalue weighted by Gasteiger charge is -2.16. The van der Waals surface area contributed by atoms with Crippen molar-refractivity contribution in [3.63, 3.8) is 0 Å². The van der Waals surface area contributed by atoms with Crippen LogP contribution in [0.5, 0.6) is 0 Å². The van der Waals surface area contributed by atoms with Gasteiger partial charge in [-0.1, -0.05) is 12.1 Å². The number of aryl methyl sites for hydroxylation is 1. The van der Waals surface area contributed by atoms with Gasteiger partial charge in [0.25, 0.3) is 11.1 Å². The van der Waals surface area contributed by atoms with E-state index >= 15 is 0 Å². The van der Waals surface area contributed by atoms with Crippen molar-refractivity contribution in [1.82, 2.24) is 9.03 Å². The second kappa shape index (κ2) is 6.05. The maximum atomic E-state index is 13.9. The Balaban J connectivity index is 2.37. The highest BCUT2D eigenvalue weighted by Gasteiger charge is 2.22. The second-order valence-corrected chi connectivity index (χ2v) is 6.12. The average Bonchev–Trinajstić information content (AvgIpc) is 2.65. The van der Waals surface area contributed by atoms with E-state index in [1.165, 1.54) is 29.6 Å². The van der Waals surface area contributed by atoms with Crippen molar-refractivity contribution in [1.29, 1.82) is 0 Å². The molecule has 6 nitrogen and oxygen atoms in total. The molecular formula is C20H15FN2O4. The van der Waals surface area contributed by atoms with Gasteiger partial charge in [0.1, 0.15) is 5.82 Å². The van der Waals surface area contributed by atoms with Crippen LogP contribution in [0.25, 0.3) is 21.7 Å². The molecule has 0 N–H and O–H groups in total. The SMILES string of the molecule is CCOC(=O)c1c(C)n2c(=O)c3ccccc3c(=O)n2c2ccc(F)cc12. The summed E-state index contributed by atoms with van der Waals surface area (Å²) in [5.74, 6) is -1.24. The van der Waals surface area contributed by atoms with E-state index in [2.05, 4.69) is 0 Å². The molecule has 0 unspecified atom stereocenters. The number of fused-ring (bicyclic) bond motifs is 4. The Morgan fingerprint density at radius 1 is 1.00 bits per heavy atom. The fraction of sp³-hybridized carbons (Fsp3) is 0.150. The quantitative estimate of drug-likeness (QED) is 0.311. The molecule has 2 heterocycles. The molecule has 0 aliphatic rings. The summed E-state index contributed by atoms with van der Waals surface area (Å²) < 4.78 is 21.3. The zero-order chi connectivity index (χ0) is 19.3. The molecule has 4 rings (SSSR count). The van der Waals surface area contributed by atoms with Gasteiger partial charge in [0, 0.05) is 5.39 Å². The van der Waals surface area contributed by atoms with Gasteiger partial charge in [-0.05, 0) is 44.2 Å². The van der Waals surface area contributed by atoms with Crippen molar-refractivity contribution in [3.05, 3.63) is 80.2 Å². The molecule has 0 aliphatic carbocycles. The molecule has 136 valence electrons. The summed E-state index contributed by atoms with van der Waals surface area (Å²) in [7, 11) is 0. The van der Waals surface area contributed by atoms with Crippen LogP contribution in [0.1, 0.15) is 23.0 Å². The van der Waals surface area contributed by atoms with Gasteiger partial charge in [-0.15, -0.1) is 0 Å². The number of carbonyl (C=O) groups is 1. The predicted octanol–water partition coefficient (Wildman–Crippen LogP) is 2.69. The normalized spacial score (nSPS) is 11.4. The summed E-state index contributed by atoms with van der Waals surface area (Å²) in [5, 5.41) is 0.705. The molecule has 0 radical (unpaired) electrons. The zero-order valence-corrected chi connectivity index (χ0v) is 14.7. The number of esters is 1. The smallest absolute Gasteiger partial charge is 0.340 e. The number of benzene rings is 2. The number of rotatable bonds is 2. The first-order valence-corrected chi connectivity index (χ1v) is 8.41. The zero-order valence-electron chi connectivity index (χ0n) is 14.7. The van der Waals surface area contributed by atoms with E-state index in [-0.39, 0.29) is 39.5 Å². The van der Waals surface area contributed by atoms with E-state index < -0.39 is 22.9 Å². The maximum absolute atomic E-state index is 13.9. The third kappa shape index (κ3) is 2.35. The largest absolute Gasteiger partial charge is 0.462 e. The number of aromatic nitrogens is 2. The average molecular weight is 366 g/mol. The summed E-state index contributed by atoms with van der Waals surface area (Å²) in [6, 6.07) is 10.2. The molecule has 0 saturated heterocycles. The van der Waals surface area contributed by atoms with Crippen molar-refractivity contribution in [2.45, 2.75) is 13.8 Å². The van der Waals surface area contributed by atoms with Gasteiger partial charge in [-0.3, -0.25) is 9.59 Å². The van der Waals surface area contributed by atoms with Crippen LogP contribution >= 0.6 is 0 Å². The molecule has 2 aromatic carbocycles. The van der Waals surface area contributed by atoms with Crippen LogP contribution < -0.4 is 11.1 Å². The number of hydrogen-bond acceptors (Lipinski definition) is 4. The fourth-order valence-electron chi connectivity index (χ4n) is 3.44. The summed E-state index contributed by atoms with van der Waals surface area (Å²) in [5.41, 5.74) is -0.361. The molecule has 0 amide bonds. The van der Waals surface area contributed by atoms with Crippen LogP contribution in [-0.2, 0) is 4.74 Å². The Kier molecular flexibility index (Phi) is 3.80. The van der Waals surface area contributed by atoms with Gasteiger partial charge < -0.3 is 4.74 Å². The summed E-state index contributed by atoms with van der Waals surface area (Å²) in [6.45, 7) is 3.31. The number of carbonyl (C=O) groups excluding carboxylic acids is 1. The molecule has 0 saturated carbocycles. The van der Waals surface area contributed by atoms with Crippen LogP contribution in [0.15, 0.2) is 52.1 Å². The van der Waals surface area contributed by atoms with Gasteiger partial charge in [0.15, 0.2) is 0 Å². The van der Waals surface area contributed by atoms with Gasteiger partial charge in [-0.2, -0.15) is 0 Å². The van der Waals surface area contributed by atoms with Crippen molar-refractivity contribution in [2.24, 2.45) is 0 Å². The van der Waals surface area contributed by atoms with E-state index in [9.17, 15) is 18.8 Å². The van der Waals surface area contributed by atoms with E-state index in [1.54, 1.807) is 31.2 Å². The minimum atomic E-state index is -0.680. The van der Waals surface area contributed by atoms with Gasteiger partial charge in [0.05, 0.1) is 34.2 Å².